The molecule has 1 N–H and O–H groups in total. The fourth-order valence-electron chi connectivity index (χ4n) is 7.64. The summed E-state index contributed by atoms with van der Waals surface area (Å²) < 4.78 is 35.4. The Morgan fingerprint density at radius 2 is 1.65 bits per heavy atom. The molecular formula is C35H34N6O11. The maximum absolute atomic E-state index is 13.5. The van der Waals surface area contributed by atoms with Crippen LogP contribution in [0.15, 0.2) is 54.7 Å². The van der Waals surface area contributed by atoms with Crippen LogP contribution in [0.4, 0.5) is 16.2 Å². The van der Waals surface area contributed by atoms with Crippen molar-refractivity contribution < 1.29 is 48.0 Å². The molecule has 1 amide bonds. The number of ether oxygens (including phenoxy) is 6. The van der Waals surface area contributed by atoms with Crippen LogP contribution >= 0.6 is 0 Å². The summed E-state index contributed by atoms with van der Waals surface area (Å²) in [4.78, 5) is 40.8. The number of non-ortho nitro benzene ring substituents is 1. The highest BCUT2D eigenvalue weighted by atomic mass is 16.7. The van der Waals surface area contributed by atoms with E-state index in [0.29, 0.717) is 48.9 Å². The molecule has 1 aliphatic carbocycles. The van der Waals surface area contributed by atoms with Crippen LogP contribution in [0.2, 0.25) is 0 Å². The summed E-state index contributed by atoms with van der Waals surface area (Å²) in [6.07, 6.45) is 1.21. The Balaban J connectivity index is 1.03. The smallest absolute Gasteiger partial charge is 0.410 e. The van der Waals surface area contributed by atoms with Gasteiger partial charge in [-0.15, -0.1) is 5.10 Å². The van der Waals surface area contributed by atoms with Gasteiger partial charge < -0.3 is 43.3 Å². The Kier molecular flexibility index (Phi) is 8.31. The highest BCUT2D eigenvalue weighted by molar-refractivity contribution is 5.79. The summed E-state index contributed by atoms with van der Waals surface area (Å²) >= 11 is 0. The molecule has 0 radical (unpaired) electrons. The number of nitro groups is 1. The quantitative estimate of drug-likeness (QED) is 0.158. The van der Waals surface area contributed by atoms with Crippen molar-refractivity contribution in [3.8, 4) is 28.7 Å². The SMILES string of the molecule is COc1cc([C@@H]2c3cc4c(cc3[C@@H](n3cc(COC(=O)N5CCN(c6ccc([N+](=O)[O-])cc6)CC5)nn3)[C@H]3COC(=O)[C@H]23)OCO4)cc(OC)c1O. The van der Waals surface area contributed by atoms with Gasteiger partial charge in [0.2, 0.25) is 12.5 Å². The van der Waals surface area contributed by atoms with E-state index in [4.69, 9.17) is 28.4 Å². The molecule has 0 bridgehead atoms. The molecule has 4 heterocycles. The predicted octanol–water partition coefficient (Wildman–Crippen LogP) is 3.62. The number of methoxy groups -OCH3 is 2. The van der Waals surface area contributed by atoms with Gasteiger partial charge in [0, 0.05) is 55.8 Å². The predicted molar refractivity (Wildman–Crippen MR) is 179 cm³/mol. The Morgan fingerprint density at radius 3 is 2.31 bits per heavy atom. The lowest BCUT2D eigenvalue weighted by atomic mass is 9.65. The number of benzene rings is 3. The standard InChI is InChI=1S/C35H34N6O11/c1-47-28-11-19(12-29(48-2)33(28)42)30-23-13-26-27(52-18-51-26)14-24(23)32(25-17-49-34(43)31(25)30)40-15-20(36-37-40)16-50-35(44)39-9-7-38(8-10-39)21-3-5-22(6-4-21)41(45)46/h3-6,11-15,25,30-32,42H,7-10,16-18H2,1-2H3/t25-,30+,31-,32+/m0/s1. The van der Waals surface area contributed by atoms with Crippen LogP contribution in [0.3, 0.4) is 0 Å². The van der Waals surface area contributed by atoms with E-state index in [1.807, 2.05) is 12.1 Å². The number of aromatic hydroxyl groups is 1. The lowest BCUT2D eigenvalue weighted by molar-refractivity contribution is -0.384. The summed E-state index contributed by atoms with van der Waals surface area (Å²) in [7, 11) is 2.88. The zero-order valence-electron chi connectivity index (χ0n) is 28.2. The third-order valence-corrected chi connectivity index (χ3v) is 10.2. The molecule has 3 aliphatic heterocycles. The molecule has 17 heteroatoms. The maximum Gasteiger partial charge on any atom is 0.410 e. The minimum Gasteiger partial charge on any atom is -0.502 e. The Bertz CT molecular complexity index is 2020. The number of carbonyl (C=O) groups excluding carboxylic acids is 2. The molecule has 8 rings (SSSR count). The highest BCUT2D eigenvalue weighted by Gasteiger charge is 2.53. The number of aromatic nitrogens is 3. The van der Waals surface area contributed by atoms with Gasteiger partial charge in [-0.2, -0.15) is 0 Å². The van der Waals surface area contributed by atoms with E-state index in [9.17, 15) is 24.8 Å². The van der Waals surface area contributed by atoms with Gasteiger partial charge >= 0.3 is 12.1 Å². The number of amides is 1. The van der Waals surface area contributed by atoms with Gasteiger partial charge in [0.15, 0.2) is 23.0 Å². The number of anilines is 1. The van der Waals surface area contributed by atoms with Crippen molar-refractivity contribution >= 4 is 23.4 Å². The summed E-state index contributed by atoms with van der Waals surface area (Å²) in [6.45, 7) is 1.95. The van der Waals surface area contributed by atoms with Crippen LogP contribution < -0.4 is 23.8 Å². The zero-order valence-corrected chi connectivity index (χ0v) is 28.2. The van der Waals surface area contributed by atoms with Crippen molar-refractivity contribution in [1.29, 1.82) is 0 Å². The van der Waals surface area contributed by atoms with Gasteiger partial charge in [-0.3, -0.25) is 14.9 Å². The molecular weight excluding hydrogens is 680 g/mol. The molecule has 2 saturated heterocycles. The van der Waals surface area contributed by atoms with Gasteiger partial charge in [0.1, 0.15) is 12.3 Å². The third kappa shape index (κ3) is 5.67. The Hall–Kier alpha value is -6.26. The van der Waals surface area contributed by atoms with Gasteiger partial charge in [-0.25, -0.2) is 9.48 Å². The van der Waals surface area contributed by atoms with Crippen molar-refractivity contribution in [3.63, 3.8) is 0 Å². The lowest BCUT2D eigenvalue weighted by Crippen LogP contribution is -2.48. The molecule has 4 atom stereocenters. The first kappa shape index (κ1) is 32.9. The molecule has 270 valence electrons. The van der Waals surface area contributed by atoms with E-state index in [1.54, 1.807) is 40.0 Å². The topological polar surface area (TPSA) is 190 Å². The molecule has 0 unspecified atom stereocenters. The van der Waals surface area contributed by atoms with Gasteiger partial charge in [-0.05, 0) is 53.1 Å². The number of carbonyl (C=O) groups is 2. The van der Waals surface area contributed by atoms with Crippen molar-refractivity contribution in [3.05, 3.63) is 87.2 Å². The molecule has 1 aromatic heterocycles. The van der Waals surface area contributed by atoms with E-state index in [0.717, 1.165) is 16.8 Å². The number of phenolic OH excluding ortho intramolecular Hbond substituents is 1. The first-order chi connectivity index (χ1) is 25.2. The summed E-state index contributed by atoms with van der Waals surface area (Å²) in [5.41, 5.74) is 3.55. The minimum atomic E-state index is -0.646. The van der Waals surface area contributed by atoms with E-state index in [-0.39, 0.29) is 54.8 Å². The van der Waals surface area contributed by atoms with Crippen molar-refractivity contribution in [2.24, 2.45) is 11.8 Å². The van der Waals surface area contributed by atoms with Gasteiger partial charge in [-0.1, -0.05) is 5.21 Å². The molecule has 3 aromatic carbocycles. The number of cyclic esters (lactones) is 1. The number of esters is 1. The maximum atomic E-state index is 13.5. The number of piperazine rings is 1. The summed E-state index contributed by atoms with van der Waals surface area (Å²) in [6, 6.07) is 13.0. The lowest BCUT2D eigenvalue weighted by Gasteiger charge is -2.39. The molecule has 52 heavy (non-hydrogen) atoms. The molecule has 2 fully saturated rings. The number of hydrogen-bond acceptors (Lipinski definition) is 14. The molecule has 4 aromatic rings. The number of nitrogens with zero attached hydrogens (tertiary/aromatic N) is 6. The summed E-state index contributed by atoms with van der Waals surface area (Å²) in [5.74, 6) is -0.593. The van der Waals surface area contributed by atoms with Crippen molar-refractivity contribution in [2.75, 3.05) is 58.7 Å². The van der Waals surface area contributed by atoms with E-state index < -0.39 is 28.9 Å². The number of hydrogen-bond donors (Lipinski definition) is 1. The number of phenols is 1. The average molecular weight is 715 g/mol. The minimum absolute atomic E-state index is 0.0213. The summed E-state index contributed by atoms with van der Waals surface area (Å²) in [5, 5.41) is 30.4. The molecule has 0 saturated carbocycles. The molecule has 4 aliphatic rings. The van der Waals surface area contributed by atoms with Crippen molar-refractivity contribution in [1.82, 2.24) is 19.9 Å². The normalized spacial score (nSPS) is 21.6. The van der Waals surface area contributed by atoms with Crippen molar-refractivity contribution in [2.45, 2.75) is 18.6 Å². The van der Waals surface area contributed by atoms with E-state index >= 15 is 0 Å². The van der Waals surface area contributed by atoms with Gasteiger partial charge in [0.05, 0.1) is 43.9 Å². The van der Waals surface area contributed by atoms with Crippen LogP contribution in [0.1, 0.15) is 34.3 Å². The highest BCUT2D eigenvalue weighted by Crippen LogP contribution is 2.56. The van der Waals surface area contributed by atoms with Crippen LogP contribution in [-0.4, -0.2) is 95.8 Å². The fourth-order valence-corrected chi connectivity index (χ4v) is 7.64. The number of fused-ring (bicyclic) bond motifs is 3. The average Bonchev–Trinajstić information content (AvgIpc) is 3.93. The largest absolute Gasteiger partial charge is 0.502 e. The van der Waals surface area contributed by atoms with Crippen LogP contribution in [0.5, 0.6) is 28.7 Å². The zero-order chi connectivity index (χ0) is 36.1. The second kappa shape index (κ2) is 13.1. The number of nitro benzene ring substituents is 1. The van der Waals surface area contributed by atoms with Crippen LogP contribution in [-0.2, 0) is 20.9 Å². The van der Waals surface area contributed by atoms with E-state index in [1.165, 1.54) is 26.4 Å². The number of rotatable bonds is 8. The second-order valence-electron chi connectivity index (χ2n) is 12.8. The van der Waals surface area contributed by atoms with Crippen LogP contribution in [0.25, 0.3) is 0 Å². The van der Waals surface area contributed by atoms with Gasteiger partial charge in [0.25, 0.3) is 5.69 Å². The second-order valence-corrected chi connectivity index (χ2v) is 12.8. The fraction of sp³-hybridized carbons (Fsp3) is 0.371. The first-order valence-electron chi connectivity index (χ1n) is 16.6. The Morgan fingerprint density at radius 1 is 0.981 bits per heavy atom. The van der Waals surface area contributed by atoms with Crippen LogP contribution in [0, 0.1) is 22.0 Å². The van der Waals surface area contributed by atoms with E-state index in [2.05, 4.69) is 15.2 Å². The molecule has 0 spiro atoms. The Labute approximate surface area is 296 Å². The monoisotopic (exact) mass is 714 g/mol. The first-order valence-corrected chi connectivity index (χ1v) is 16.6. The third-order valence-electron chi connectivity index (χ3n) is 10.2. The molecule has 17 nitrogen and oxygen atoms in total.